The average molecular weight is 484 g/mol. The number of esters is 1. The Labute approximate surface area is 203 Å². The third-order valence-corrected chi connectivity index (χ3v) is 6.65. The zero-order chi connectivity index (χ0) is 24.0. The summed E-state index contributed by atoms with van der Waals surface area (Å²) in [6.07, 6.45) is 0.213. The minimum absolute atomic E-state index is 0.213. The van der Waals surface area contributed by atoms with E-state index < -0.39 is 11.8 Å². The molecule has 1 N–H and O–H groups in total. The van der Waals surface area contributed by atoms with Gasteiger partial charge in [-0.05, 0) is 53.6 Å². The Bertz CT molecular complexity index is 1550. The summed E-state index contributed by atoms with van der Waals surface area (Å²) in [5.41, 5.74) is 4.28. The molecule has 172 valence electrons. The van der Waals surface area contributed by atoms with E-state index in [1.54, 1.807) is 60.7 Å². The van der Waals surface area contributed by atoms with Gasteiger partial charge in [0.25, 0.3) is 5.79 Å². The largest absolute Gasteiger partial charge is 0.486 e. The van der Waals surface area contributed by atoms with Crippen molar-refractivity contribution in [3.63, 3.8) is 0 Å². The Balaban J connectivity index is 1.52. The zero-order valence-corrected chi connectivity index (χ0v) is 19.0. The second kappa shape index (κ2) is 8.20. The van der Waals surface area contributed by atoms with Crippen LogP contribution in [0.4, 0.5) is 0 Å². The van der Waals surface area contributed by atoms with Crippen molar-refractivity contribution >= 4 is 34.3 Å². The Morgan fingerprint density at radius 2 is 1.74 bits per heavy atom. The molecule has 1 aromatic heterocycles. The number of aliphatic hydroxyl groups is 1. The Morgan fingerprint density at radius 3 is 2.54 bits per heavy atom. The molecule has 0 saturated carbocycles. The number of ether oxygens (including phenoxy) is 3. The number of aromatic nitrogens is 2. The van der Waals surface area contributed by atoms with Gasteiger partial charge >= 0.3 is 5.97 Å². The fourth-order valence-electron chi connectivity index (χ4n) is 4.37. The molecular formula is C26H17N3O5S. The van der Waals surface area contributed by atoms with Crippen molar-refractivity contribution in [1.82, 2.24) is 8.75 Å². The predicted molar refractivity (Wildman–Crippen MR) is 127 cm³/mol. The van der Waals surface area contributed by atoms with Gasteiger partial charge in [-0.25, -0.2) is 4.79 Å². The van der Waals surface area contributed by atoms with Crippen LogP contribution in [0.2, 0.25) is 0 Å². The molecule has 0 aliphatic carbocycles. The molecule has 2 aliphatic heterocycles. The molecule has 2 aliphatic rings. The van der Waals surface area contributed by atoms with E-state index in [9.17, 15) is 9.90 Å². The average Bonchev–Trinajstić information content (AvgIpc) is 3.46. The summed E-state index contributed by atoms with van der Waals surface area (Å²) < 4.78 is 25.5. The summed E-state index contributed by atoms with van der Waals surface area (Å²) in [7, 11) is 0. The molecule has 0 amide bonds. The lowest BCUT2D eigenvalue weighted by molar-refractivity contribution is -0.185. The minimum Gasteiger partial charge on any atom is -0.486 e. The second-order valence-corrected chi connectivity index (χ2v) is 8.73. The van der Waals surface area contributed by atoms with Crippen LogP contribution in [0, 0.1) is 11.3 Å². The molecule has 3 heterocycles. The summed E-state index contributed by atoms with van der Waals surface area (Å²) >= 11 is 1.09. The van der Waals surface area contributed by atoms with Gasteiger partial charge in [0.1, 0.15) is 24.2 Å². The van der Waals surface area contributed by atoms with Gasteiger partial charge in [-0.1, -0.05) is 18.2 Å². The molecular weight excluding hydrogens is 466 g/mol. The van der Waals surface area contributed by atoms with Crippen LogP contribution in [0.15, 0.2) is 66.2 Å². The summed E-state index contributed by atoms with van der Waals surface area (Å²) in [4.78, 5) is 13.3. The van der Waals surface area contributed by atoms with Gasteiger partial charge in [-0.15, -0.1) is 0 Å². The van der Waals surface area contributed by atoms with Gasteiger partial charge < -0.3 is 19.3 Å². The highest BCUT2D eigenvalue weighted by atomic mass is 32.1. The van der Waals surface area contributed by atoms with Crippen LogP contribution >= 0.6 is 11.7 Å². The van der Waals surface area contributed by atoms with Crippen LogP contribution in [0.3, 0.4) is 0 Å². The fourth-order valence-corrected chi connectivity index (χ4v) is 4.88. The van der Waals surface area contributed by atoms with Gasteiger partial charge in [0.2, 0.25) is 0 Å². The molecule has 4 aromatic rings. The normalized spacial score (nSPS) is 19.0. The summed E-state index contributed by atoms with van der Waals surface area (Å²) in [5, 5.41) is 21.0. The van der Waals surface area contributed by atoms with Gasteiger partial charge in [-0.3, -0.25) is 0 Å². The topological polar surface area (TPSA) is 115 Å². The minimum atomic E-state index is -2.02. The van der Waals surface area contributed by atoms with E-state index in [0.717, 1.165) is 22.8 Å². The predicted octanol–water partition coefficient (Wildman–Crippen LogP) is 3.73. The maximum atomic E-state index is 13.3. The van der Waals surface area contributed by atoms with Crippen LogP contribution < -0.4 is 9.47 Å². The molecule has 0 bridgehead atoms. The summed E-state index contributed by atoms with van der Waals surface area (Å²) in [5.74, 6) is -1.63. The molecule has 1 unspecified atom stereocenters. The summed E-state index contributed by atoms with van der Waals surface area (Å²) in [6.45, 7) is 0.823. The highest BCUT2D eigenvalue weighted by Gasteiger charge is 2.48. The molecule has 6 rings (SSSR count). The van der Waals surface area contributed by atoms with Crippen LogP contribution in [0.5, 0.6) is 11.5 Å². The van der Waals surface area contributed by atoms with E-state index >= 15 is 0 Å². The molecule has 0 spiro atoms. The number of cyclic esters (lactones) is 1. The number of hydrogen-bond acceptors (Lipinski definition) is 9. The van der Waals surface area contributed by atoms with Crippen molar-refractivity contribution in [1.29, 1.82) is 5.26 Å². The van der Waals surface area contributed by atoms with E-state index in [-0.39, 0.29) is 12.0 Å². The molecule has 0 radical (unpaired) electrons. The van der Waals surface area contributed by atoms with Crippen molar-refractivity contribution in [2.75, 3.05) is 13.2 Å². The lowest BCUT2D eigenvalue weighted by Gasteiger charge is -2.27. The zero-order valence-electron chi connectivity index (χ0n) is 18.2. The van der Waals surface area contributed by atoms with Crippen molar-refractivity contribution < 1.29 is 24.1 Å². The van der Waals surface area contributed by atoms with Crippen molar-refractivity contribution in [3.05, 3.63) is 88.5 Å². The number of carbonyl (C=O) groups is 1. The van der Waals surface area contributed by atoms with Crippen LogP contribution in [-0.4, -0.2) is 33.0 Å². The van der Waals surface area contributed by atoms with Crippen LogP contribution in [0.1, 0.15) is 22.3 Å². The van der Waals surface area contributed by atoms with Crippen LogP contribution in [-0.2, 0) is 21.7 Å². The second-order valence-electron chi connectivity index (χ2n) is 8.20. The standard InChI is InChI=1S/C26H17N3O5S/c27-14-16-3-1-15(2-4-16)11-19-24(17-5-7-20-21(12-17)29-35-28-20)25(30)34-26(19,31)18-6-8-22-23(13-18)33-10-9-32-22/h1-8,12-13,31H,9-11H2. The quantitative estimate of drug-likeness (QED) is 0.437. The molecule has 3 aromatic carbocycles. The number of nitrogens with zero attached hydrogens (tertiary/aromatic N) is 3. The first-order valence-corrected chi connectivity index (χ1v) is 11.6. The van der Waals surface area contributed by atoms with E-state index in [1.165, 1.54) is 0 Å². The monoisotopic (exact) mass is 483 g/mol. The third kappa shape index (κ3) is 3.60. The maximum absolute atomic E-state index is 13.3. The van der Waals surface area contributed by atoms with E-state index in [4.69, 9.17) is 19.5 Å². The fraction of sp³-hybridized carbons (Fsp3) is 0.154. The van der Waals surface area contributed by atoms with Crippen molar-refractivity contribution in [3.8, 4) is 17.6 Å². The molecule has 35 heavy (non-hydrogen) atoms. The number of carbonyl (C=O) groups excluding carboxylic acids is 1. The first-order valence-electron chi connectivity index (χ1n) is 10.9. The number of rotatable bonds is 4. The Kier molecular flexibility index (Phi) is 4.99. The molecule has 9 heteroatoms. The molecule has 0 fully saturated rings. The highest BCUT2D eigenvalue weighted by molar-refractivity contribution is 7.00. The van der Waals surface area contributed by atoms with E-state index in [1.807, 2.05) is 0 Å². The van der Waals surface area contributed by atoms with Gasteiger partial charge in [0, 0.05) is 17.6 Å². The highest BCUT2D eigenvalue weighted by Crippen LogP contribution is 2.46. The molecule has 0 saturated heterocycles. The first kappa shape index (κ1) is 21.3. The SMILES string of the molecule is N#Cc1ccc(CC2=C(c3ccc4nsnc4c3)C(=O)OC2(O)c2ccc3c(c2)OCCO3)cc1. The van der Waals surface area contributed by atoms with Gasteiger partial charge in [0.15, 0.2) is 11.5 Å². The molecule has 1 atom stereocenters. The molecule has 8 nitrogen and oxygen atoms in total. The lowest BCUT2D eigenvalue weighted by Crippen LogP contribution is -2.30. The van der Waals surface area contributed by atoms with Crippen molar-refractivity contribution in [2.24, 2.45) is 0 Å². The third-order valence-electron chi connectivity index (χ3n) is 6.10. The van der Waals surface area contributed by atoms with Gasteiger partial charge in [-0.2, -0.15) is 14.0 Å². The number of benzene rings is 3. The smallest absolute Gasteiger partial charge is 0.342 e. The maximum Gasteiger partial charge on any atom is 0.342 e. The van der Waals surface area contributed by atoms with E-state index in [2.05, 4.69) is 14.8 Å². The Morgan fingerprint density at radius 1 is 0.971 bits per heavy atom. The number of nitriles is 1. The summed E-state index contributed by atoms with van der Waals surface area (Å²) in [6, 6.07) is 19.4. The van der Waals surface area contributed by atoms with E-state index in [0.29, 0.717) is 52.5 Å². The van der Waals surface area contributed by atoms with Crippen molar-refractivity contribution in [2.45, 2.75) is 12.2 Å². The van der Waals surface area contributed by atoms with Crippen LogP contribution in [0.25, 0.3) is 16.6 Å². The van der Waals surface area contributed by atoms with Gasteiger partial charge in [0.05, 0.1) is 28.9 Å². The number of hydrogen-bond donors (Lipinski definition) is 1. The first-order chi connectivity index (χ1) is 17.0. The number of fused-ring (bicyclic) bond motifs is 2. The lowest BCUT2D eigenvalue weighted by atomic mass is 9.87. The Hall–Kier alpha value is -4.26.